The summed E-state index contributed by atoms with van der Waals surface area (Å²) in [7, 11) is 0. The second kappa shape index (κ2) is 7.54. The molecule has 1 aromatic heterocycles. The lowest BCUT2D eigenvalue weighted by Crippen LogP contribution is -1.96. The van der Waals surface area contributed by atoms with Crippen LogP contribution in [0.3, 0.4) is 0 Å². The molecule has 104 valence electrons. The first-order chi connectivity index (χ1) is 9.31. The first-order valence-electron chi connectivity index (χ1n) is 7.41. The van der Waals surface area contributed by atoms with Crippen molar-refractivity contribution in [2.45, 2.75) is 58.4 Å². The lowest BCUT2D eigenvalue weighted by Gasteiger charge is -2.04. The standard InChI is InChI=1S/C16H23ClN2/c1-2-3-4-5-6-7-8-11-19-13-18-15-12-14(17)9-10-16(15)19/h9-10,12-13H,2-8,11H2,1H3. The van der Waals surface area contributed by atoms with Gasteiger partial charge in [0.1, 0.15) is 0 Å². The van der Waals surface area contributed by atoms with Crippen molar-refractivity contribution < 1.29 is 0 Å². The average molecular weight is 279 g/mol. The van der Waals surface area contributed by atoms with Crippen molar-refractivity contribution in [2.24, 2.45) is 0 Å². The predicted octanol–water partition coefficient (Wildman–Crippen LogP) is 5.44. The van der Waals surface area contributed by atoms with Crippen LogP contribution in [0.15, 0.2) is 24.5 Å². The quantitative estimate of drug-likeness (QED) is 0.588. The van der Waals surface area contributed by atoms with Gasteiger partial charge in [0.25, 0.3) is 0 Å². The Morgan fingerprint density at radius 3 is 2.58 bits per heavy atom. The van der Waals surface area contributed by atoms with E-state index in [4.69, 9.17) is 11.6 Å². The van der Waals surface area contributed by atoms with E-state index in [0.29, 0.717) is 0 Å². The molecule has 1 aromatic carbocycles. The number of hydrogen-bond donors (Lipinski definition) is 0. The molecule has 2 rings (SSSR count). The van der Waals surface area contributed by atoms with Gasteiger partial charge in [0.2, 0.25) is 0 Å². The van der Waals surface area contributed by atoms with E-state index in [9.17, 15) is 0 Å². The Bertz CT molecular complexity index is 504. The number of halogens is 1. The Balaban J connectivity index is 1.76. The molecule has 0 unspecified atom stereocenters. The molecule has 1 heterocycles. The highest BCUT2D eigenvalue weighted by Gasteiger charge is 2.02. The zero-order valence-corrected chi connectivity index (χ0v) is 12.5. The van der Waals surface area contributed by atoms with Gasteiger partial charge in [-0.2, -0.15) is 0 Å². The van der Waals surface area contributed by atoms with Crippen LogP contribution in [0.4, 0.5) is 0 Å². The van der Waals surface area contributed by atoms with Crippen LogP contribution >= 0.6 is 11.6 Å². The average Bonchev–Trinajstić information content (AvgIpc) is 2.80. The summed E-state index contributed by atoms with van der Waals surface area (Å²) in [6.07, 6.45) is 11.3. The van der Waals surface area contributed by atoms with E-state index in [1.165, 1.54) is 50.5 Å². The maximum absolute atomic E-state index is 5.97. The summed E-state index contributed by atoms with van der Waals surface area (Å²) in [6, 6.07) is 5.93. The molecule has 0 aliphatic rings. The molecule has 0 atom stereocenters. The zero-order chi connectivity index (χ0) is 13.5. The number of benzene rings is 1. The first-order valence-corrected chi connectivity index (χ1v) is 7.79. The van der Waals surface area contributed by atoms with Crippen LogP contribution in [0.5, 0.6) is 0 Å². The van der Waals surface area contributed by atoms with Gasteiger partial charge in [-0.05, 0) is 24.6 Å². The highest BCUT2D eigenvalue weighted by Crippen LogP contribution is 2.18. The van der Waals surface area contributed by atoms with Crippen molar-refractivity contribution in [3.05, 3.63) is 29.5 Å². The van der Waals surface area contributed by atoms with Gasteiger partial charge in [0.05, 0.1) is 17.4 Å². The minimum atomic E-state index is 0.758. The molecule has 0 radical (unpaired) electrons. The van der Waals surface area contributed by atoms with Gasteiger partial charge in [-0.1, -0.05) is 57.0 Å². The Morgan fingerprint density at radius 2 is 1.79 bits per heavy atom. The molecule has 0 N–H and O–H groups in total. The third kappa shape index (κ3) is 4.24. The number of aromatic nitrogens is 2. The summed E-state index contributed by atoms with van der Waals surface area (Å²) >= 11 is 5.97. The number of nitrogens with zero attached hydrogens (tertiary/aromatic N) is 2. The maximum atomic E-state index is 5.97. The smallest absolute Gasteiger partial charge is 0.0958 e. The van der Waals surface area contributed by atoms with Gasteiger partial charge >= 0.3 is 0 Å². The summed E-state index contributed by atoms with van der Waals surface area (Å²) in [6.45, 7) is 3.32. The van der Waals surface area contributed by atoms with Crippen molar-refractivity contribution >= 4 is 22.6 Å². The van der Waals surface area contributed by atoms with E-state index >= 15 is 0 Å². The fraction of sp³-hybridized carbons (Fsp3) is 0.562. The molecule has 2 nitrogen and oxygen atoms in total. The Hall–Kier alpha value is -1.02. The number of imidazole rings is 1. The monoisotopic (exact) mass is 278 g/mol. The van der Waals surface area contributed by atoms with E-state index in [1.54, 1.807) is 0 Å². The van der Waals surface area contributed by atoms with Crippen LogP contribution in [0, 0.1) is 0 Å². The molecule has 0 saturated carbocycles. The summed E-state index contributed by atoms with van der Waals surface area (Å²) in [5.41, 5.74) is 2.19. The summed E-state index contributed by atoms with van der Waals surface area (Å²) < 4.78 is 2.23. The van der Waals surface area contributed by atoms with Gasteiger partial charge in [-0.15, -0.1) is 0 Å². The second-order valence-corrected chi connectivity index (χ2v) is 5.63. The molecule has 0 aliphatic carbocycles. The molecule has 0 fully saturated rings. The normalized spacial score (nSPS) is 11.3. The van der Waals surface area contributed by atoms with Crippen LogP contribution in [0.2, 0.25) is 5.02 Å². The van der Waals surface area contributed by atoms with Gasteiger partial charge in [0.15, 0.2) is 0 Å². The lowest BCUT2D eigenvalue weighted by molar-refractivity contribution is 0.555. The van der Waals surface area contributed by atoms with Gasteiger partial charge < -0.3 is 4.57 Å². The van der Waals surface area contributed by atoms with Crippen LogP contribution in [-0.2, 0) is 6.54 Å². The zero-order valence-electron chi connectivity index (χ0n) is 11.7. The highest BCUT2D eigenvalue weighted by molar-refractivity contribution is 6.31. The molecule has 0 bridgehead atoms. The van der Waals surface area contributed by atoms with Crippen LogP contribution in [0.1, 0.15) is 51.9 Å². The molecule has 0 amide bonds. The summed E-state index contributed by atoms with van der Waals surface area (Å²) in [5.74, 6) is 0. The predicted molar refractivity (Wildman–Crippen MR) is 82.7 cm³/mol. The SMILES string of the molecule is CCCCCCCCCn1cnc2cc(Cl)ccc21. The molecule has 2 aromatic rings. The number of fused-ring (bicyclic) bond motifs is 1. The fourth-order valence-corrected chi connectivity index (χ4v) is 2.62. The Kier molecular flexibility index (Phi) is 5.71. The molecular formula is C16H23ClN2. The minimum absolute atomic E-state index is 0.758. The Labute approximate surface area is 120 Å². The van der Waals surface area contributed by atoms with Gasteiger partial charge in [-0.25, -0.2) is 4.98 Å². The molecule has 0 saturated heterocycles. The van der Waals surface area contributed by atoms with Crippen LogP contribution in [-0.4, -0.2) is 9.55 Å². The van der Waals surface area contributed by atoms with Gasteiger partial charge in [0, 0.05) is 11.6 Å². The van der Waals surface area contributed by atoms with E-state index < -0.39 is 0 Å². The number of rotatable bonds is 8. The van der Waals surface area contributed by atoms with Crippen molar-refractivity contribution in [1.82, 2.24) is 9.55 Å². The molecule has 3 heteroatoms. The van der Waals surface area contributed by atoms with E-state index in [-0.39, 0.29) is 0 Å². The summed E-state index contributed by atoms with van der Waals surface area (Å²) in [4.78, 5) is 4.40. The maximum Gasteiger partial charge on any atom is 0.0958 e. The van der Waals surface area contributed by atoms with Crippen LogP contribution < -0.4 is 0 Å². The second-order valence-electron chi connectivity index (χ2n) is 5.19. The van der Waals surface area contributed by atoms with E-state index in [0.717, 1.165) is 17.1 Å². The third-order valence-corrected chi connectivity index (χ3v) is 3.82. The Morgan fingerprint density at radius 1 is 1.05 bits per heavy atom. The fourth-order valence-electron chi connectivity index (χ4n) is 2.45. The van der Waals surface area contributed by atoms with E-state index in [1.807, 2.05) is 18.5 Å². The topological polar surface area (TPSA) is 17.8 Å². The van der Waals surface area contributed by atoms with Gasteiger partial charge in [-0.3, -0.25) is 0 Å². The number of aryl methyl sites for hydroxylation is 1. The van der Waals surface area contributed by atoms with Crippen LogP contribution in [0.25, 0.3) is 11.0 Å². The van der Waals surface area contributed by atoms with Crippen molar-refractivity contribution in [2.75, 3.05) is 0 Å². The number of unbranched alkanes of at least 4 members (excludes halogenated alkanes) is 6. The highest BCUT2D eigenvalue weighted by atomic mass is 35.5. The molecule has 0 aliphatic heterocycles. The molecular weight excluding hydrogens is 256 g/mol. The third-order valence-electron chi connectivity index (χ3n) is 3.59. The summed E-state index contributed by atoms with van der Waals surface area (Å²) in [5, 5.41) is 0.758. The minimum Gasteiger partial charge on any atom is -0.331 e. The van der Waals surface area contributed by atoms with Crippen molar-refractivity contribution in [1.29, 1.82) is 0 Å². The molecule has 0 spiro atoms. The number of hydrogen-bond acceptors (Lipinski definition) is 1. The van der Waals surface area contributed by atoms with Crippen molar-refractivity contribution in [3.8, 4) is 0 Å². The largest absolute Gasteiger partial charge is 0.331 e. The van der Waals surface area contributed by atoms with E-state index in [2.05, 4.69) is 22.5 Å². The molecule has 19 heavy (non-hydrogen) atoms. The first kappa shape index (κ1) is 14.4. The lowest BCUT2D eigenvalue weighted by atomic mass is 10.1. The van der Waals surface area contributed by atoms with Crippen molar-refractivity contribution in [3.63, 3.8) is 0 Å².